The third kappa shape index (κ3) is 1.19. The summed E-state index contributed by atoms with van der Waals surface area (Å²) in [4.78, 5) is 10.3. The molecule has 0 bridgehead atoms. The highest BCUT2D eigenvalue weighted by atomic mass is 19.2. The zero-order chi connectivity index (χ0) is 10.1. The van der Waals surface area contributed by atoms with Crippen molar-refractivity contribution in [3.63, 3.8) is 0 Å². The summed E-state index contributed by atoms with van der Waals surface area (Å²) in [7, 11) is 0. The Morgan fingerprint density at radius 2 is 2.21 bits per heavy atom. The molecule has 0 aliphatic heterocycles. The fourth-order valence-corrected chi connectivity index (χ4v) is 1.39. The lowest BCUT2D eigenvalue weighted by Crippen LogP contribution is -1.96. The summed E-state index contributed by atoms with van der Waals surface area (Å²) in [6, 6.07) is 2.56. The molecule has 0 amide bonds. The summed E-state index contributed by atoms with van der Waals surface area (Å²) >= 11 is 0. The Bertz CT molecular complexity index is 488. The maximum atomic E-state index is 13.2. The number of hydrogen-bond acceptors (Lipinski definition) is 2. The van der Waals surface area contributed by atoms with E-state index in [-0.39, 0.29) is 17.6 Å². The van der Waals surface area contributed by atoms with Crippen molar-refractivity contribution in [3.8, 4) is 0 Å². The number of carbonyl (C=O) groups is 1. The molecule has 0 aliphatic carbocycles. The maximum Gasteiger partial charge on any atom is 0.166 e. The first-order valence-corrected chi connectivity index (χ1v) is 4.01. The van der Waals surface area contributed by atoms with Gasteiger partial charge in [0.05, 0.1) is 6.26 Å². The Kier molecular flexibility index (Phi) is 2.04. The molecule has 0 atom stereocenters. The lowest BCUT2D eigenvalue weighted by atomic mass is 10.1. The van der Waals surface area contributed by atoms with Crippen LogP contribution in [0.5, 0.6) is 0 Å². The molecule has 2 aromatic rings. The Labute approximate surface area is 78.1 Å². The zero-order valence-electron chi connectivity index (χ0n) is 7.09. The molecular formula is C10H6F2O2. The molecule has 1 aromatic heterocycles. The second-order valence-corrected chi connectivity index (χ2v) is 2.86. The number of furan rings is 1. The summed E-state index contributed by atoms with van der Waals surface area (Å²) in [5.41, 5.74) is 0.205. The van der Waals surface area contributed by atoms with E-state index < -0.39 is 11.6 Å². The topological polar surface area (TPSA) is 30.2 Å². The van der Waals surface area contributed by atoms with E-state index in [9.17, 15) is 13.6 Å². The van der Waals surface area contributed by atoms with Gasteiger partial charge >= 0.3 is 0 Å². The van der Waals surface area contributed by atoms with E-state index in [0.717, 1.165) is 6.07 Å². The first-order chi connectivity index (χ1) is 6.74. The average Bonchev–Trinajstić information content (AvgIpc) is 2.60. The second-order valence-electron chi connectivity index (χ2n) is 2.86. The van der Waals surface area contributed by atoms with Gasteiger partial charge in [0, 0.05) is 17.4 Å². The van der Waals surface area contributed by atoms with Gasteiger partial charge in [-0.2, -0.15) is 0 Å². The molecule has 14 heavy (non-hydrogen) atoms. The molecule has 0 aliphatic rings. The number of carbonyl (C=O) groups excluding carboxylic acids is 1. The van der Waals surface area contributed by atoms with Gasteiger partial charge in [0.1, 0.15) is 11.9 Å². The number of rotatable bonds is 2. The van der Waals surface area contributed by atoms with E-state index in [2.05, 4.69) is 0 Å². The van der Waals surface area contributed by atoms with Crippen LogP contribution in [0.25, 0.3) is 11.0 Å². The largest absolute Gasteiger partial charge is 0.464 e. The van der Waals surface area contributed by atoms with Crippen LogP contribution in [0.1, 0.15) is 5.56 Å². The second kappa shape index (κ2) is 3.21. The Morgan fingerprint density at radius 3 is 2.93 bits per heavy atom. The highest BCUT2D eigenvalue weighted by Gasteiger charge is 2.15. The minimum absolute atomic E-state index is 0.0278. The maximum absolute atomic E-state index is 13.2. The quantitative estimate of drug-likeness (QED) is 0.690. The van der Waals surface area contributed by atoms with Crippen LogP contribution in [0, 0.1) is 11.6 Å². The number of halogens is 2. The number of aldehydes is 1. The lowest BCUT2D eigenvalue weighted by Gasteiger charge is -2.00. The number of benzene rings is 1. The molecule has 0 fully saturated rings. The molecule has 72 valence electrons. The van der Waals surface area contributed by atoms with Gasteiger partial charge in [-0.25, -0.2) is 8.78 Å². The van der Waals surface area contributed by atoms with Crippen molar-refractivity contribution >= 4 is 17.3 Å². The summed E-state index contributed by atoms with van der Waals surface area (Å²) in [6.45, 7) is 0. The molecular weight excluding hydrogens is 190 g/mol. The van der Waals surface area contributed by atoms with Crippen molar-refractivity contribution in [2.24, 2.45) is 0 Å². The van der Waals surface area contributed by atoms with E-state index >= 15 is 0 Å². The van der Waals surface area contributed by atoms with Crippen molar-refractivity contribution in [1.82, 2.24) is 0 Å². The summed E-state index contributed by atoms with van der Waals surface area (Å²) in [5.74, 6) is -1.98. The van der Waals surface area contributed by atoms with Gasteiger partial charge in [0.25, 0.3) is 0 Å². The van der Waals surface area contributed by atoms with Crippen LogP contribution in [0.2, 0.25) is 0 Å². The molecule has 0 unspecified atom stereocenters. The molecule has 0 saturated heterocycles. The van der Waals surface area contributed by atoms with Crippen molar-refractivity contribution in [2.45, 2.75) is 6.42 Å². The van der Waals surface area contributed by atoms with Crippen molar-refractivity contribution < 1.29 is 18.0 Å². The molecule has 2 rings (SSSR count). The molecule has 1 heterocycles. The van der Waals surface area contributed by atoms with Crippen LogP contribution in [0.4, 0.5) is 8.78 Å². The Hall–Kier alpha value is -1.71. The monoisotopic (exact) mass is 196 g/mol. The molecule has 0 radical (unpaired) electrons. The van der Waals surface area contributed by atoms with Gasteiger partial charge in [0.2, 0.25) is 0 Å². The normalized spacial score (nSPS) is 10.7. The van der Waals surface area contributed by atoms with Crippen LogP contribution >= 0.6 is 0 Å². The van der Waals surface area contributed by atoms with Crippen molar-refractivity contribution in [2.75, 3.05) is 0 Å². The lowest BCUT2D eigenvalue weighted by molar-refractivity contribution is -0.107. The highest BCUT2D eigenvalue weighted by Crippen LogP contribution is 2.25. The van der Waals surface area contributed by atoms with Gasteiger partial charge in [0.15, 0.2) is 11.6 Å². The average molecular weight is 196 g/mol. The SMILES string of the molecule is O=CCc1c(F)c(F)cc2ccoc12. The third-order valence-electron chi connectivity index (χ3n) is 2.01. The minimum atomic E-state index is -1.01. The first kappa shape index (κ1) is 8.87. The van der Waals surface area contributed by atoms with Crippen LogP contribution in [-0.4, -0.2) is 6.29 Å². The summed E-state index contributed by atoms with van der Waals surface area (Å²) < 4.78 is 31.2. The van der Waals surface area contributed by atoms with Gasteiger partial charge in [-0.05, 0) is 12.1 Å². The van der Waals surface area contributed by atoms with Crippen LogP contribution in [0.3, 0.4) is 0 Å². The van der Waals surface area contributed by atoms with Gasteiger partial charge in [-0.15, -0.1) is 0 Å². The number of fused-ring (bicyclic) bond motifs is 1. The smallest absolute Gasteiger partial charge is 0.166 e. The molecule has 0 spiro atoms. The number of hydrogen-bond donors (Lipinski definition) is 0. The molecule has 1 aromatic carbocycles. The van der Waals surface area contributed by atoms with E-state index in [1.807, 2.05) is 0 Å². The van der Waals surface area contributed by atoms with Crippen LogP contribution in [-0.2, 0) is 11.2 Å². The van der Waals surface area contributed by atoms with Crippen LogP contribution < -0.4 is 0 Å². The van der Waals surface area contributed by atoms with E-state index in [1.165, 1.54) is 12.3 Å². The predicted octanol–water partition coefficient (Wildman–Crippen LogP) is 2.45. The highest BCUT2D eigenvalue weighted by molar-refractivity contribution is 5.82. The zero-order valence-corrected chi connectivity index (χ0v) is 7.09. The summed E-state index contributed by atoms with van der Waals surface area (Å²) in [5, 5.41) is 0.459. The predicted molar refractivity (Wildman–Crippen MR) is 45.9 cm³/mol. The van der Waals surface area contributed by atoms with E-state index in [4.69, 9.17) is 4.42 Å². The first-order valence-electron chi connectivity index (χ1n) is 4.01. The van der Waals surface area contributed by atoms with Crippen molar-refractivity contribution in [3.05, 3.63) is 35.6 Å². The Balaban J connectivity index is 2.79. The minimum Gasteiger partial charge on any atom is -0.464 e. The third-order valence-corrected chi connectivity index (χ3v) is 2.01. The van der Waals surface area contributed by atoms with E-state index in [1.54, 1.807) is 0 Å². The molecule has 4 heteroatoms. The molecule has 0 saturated carbocycles. The fraction of sp³-hybridized carbons (Fsp3) is 0.100. The molecule has 0 N–H and O–H groups in total. The summed E-state index contributed by atoms with van der Waals surface area (Å²) in [6.07, 6.45) is 1.66. The van der Waals surface area contributed by atoms with Crippen molar-refractivity contribution in [1.29, 1.82) is 0 Å². The van der Waals surface area contributed by atoms with Gasteiger partial charge in [-0.1, -0.05) is 0 Å². The van der Waals surface area contributed by atoms with E-state index in [0.29, 0.717) is 11.7 Å². The fourth-order valence-electron chi connectivity index (χ4n) is 1.39. The van der Waals surface area contributed by atoms with Gasteiger partial charge < -0.3 is 9.21 Å². The van der Waals surface area contributed by atoms with Gasteiger partial charge in [-0.3, -0.25) is 0 Å². The van der Waals surface area contributed by atoms with Crippen LogP contribution in [0.15, 0.2) is 22.8 Å². The Morgan fingerprint density at radius 1 is 1.43 bits per heavy atom. The molecule has 2 nitrogen and oxygen atoms in total. The standard InChI is InChI=1S/C10H6F2O2/c11-8-5-6-2-4-14-10(6)7(1-3-13)9(8)12/h2-5H,1H2.